The highest BCUT2D eigenvalue weighted by molar-refractivity contribution is 7.92. The number of aryl methyl sites for hydroxylation is 1. The largest absolute Gasteiger partial charge is 0.490 e. The zero-order chi connectivity index (χ0) is 17.9. The van der Waals surface area contributed by atoms with Gasteiger partial charge in [0.2, 0.25) is 0 Å². The van der Waals surface area contributed by atoms with Crippen LogP contribution in [0, 0.1) is 6.92 Å². The molecule has 0 spiro atoms. The average molecular weight is 359 g/mol. The maximum Gasteiger partial charge on any atom is 0.264 e. The Balaban J connectivity index is 1.82. The fraction of sp³-hybridized carbons (Fsp3) is 0.400. The van der Waals surface area contributed by atoms with Gasteiger partial charge in [0.05, 0.1) is 16.7 Å². The number of ether oxygens (including phenoxy) is 1. The quantitative estimate of drug-likeness (QED) is 0.761. The molecule has 0 radical (unpaired) electrons. The minimum absolute atomic E-state index is 0.266. The van der Waals surface area contributed by atoms with E-state index in [-0.39, 0.29) is 11.0 Å². The van der Waals surface area contributed by atoms with E-state index in [1.54, 1.807) is 24.3 Å². The van der Waals surface area contributed by atoms with Crippen LogP contribution >= 0.6 is 0 Å². The van der Waals surface area contributed by atoms with Crippen molar-refractivity contribution in [1.29, 1.82) is 0 Å². The van der Waals surface area contributed by atoms with E-state index in [0.29, 0.717) is 12.2 Å². The highest BCUT2D eigenvalue weighted by Gasteiger charge is 2.24. The van der Waals surface area contributed by atoms with Crippen LogP contribution in [0.15, 0.2) is 53.4 Å². The third kappa shape index (κ3) is 3.98. The van der Waals surface area contributed by atoms with Gasteiger partial charge in [0.25, 0.3) is 10.0 Å². The number of benzene rings is 2. The summed E-state index contributed by atoms with van der Waals surface area (Å²) in [5, 5.41) is 0. The summed E-state index contributed by atoms with van der Waals surface area (Å²) in [5.41, 5.74) is 1.72. The van der Waals surface area contributed by atoms with Crippen LogP contribution in [0.2, 0.25) is 0 Å². The van der Waals surface area contributed by atoms with Crippen molar-refractivity contribution in [1.82, 2.24) is 0 Å². The van der Waals surface area contributed by atoms with Crippen molar-refractivity contribution in [3.8, 4) is 5.75 Å². The van der Waals surface area contributed by atoms with Crippen molar-refractivity contribution < 1.29 is 13.2 Å². The Bertz CT molecular complexity index is 809. The summed E-state index contributed by atoms with van der Waals surface area (Å²) in [6, 6.07) is 14.3. The Morgan fingerprint density at radius 1 is 1.08 bits per heavy atom. The van der Waals surface area contributed by atoms with Gasteiger partial charge in [-0.2, -0.15) is 0 Å². The first-order valence-corrected chi connectivity index (χ1v) is 10.3. The first-order chi connectivity index (χ1) is 12.0. The lowest BCUT2D eigenvalue weighted by molar-refractivity contribution is 0.210. The van der Waals surface area contributed by atoms with Crippen molar-refractivity contribution >= 4 is 15.7 Å². The third-order valence-electron chi connectivity index (χ3n) is 4.59. The summed E-state index contributed by atoms with van der Waals surface area (Å²) in [5.74, 6) is 0.740. The molecule has 1 saturated carbocycles. The van der Waals surface area contributed by atoms with Gasteiger partial charge < -0.3 is 4.74 Å². The smallest absolute Gasteiger partial charge is 0.264 e. The second-order valence-corrected chi connectivity index (χ2v) is 8.37. The van der Waals surface area contributed by atoms with Crippen LogP contribution in [-0.2, 0) is 10.0 Å². The molecule has 2 aromatic rings. The monoisotopic (exact) mass is 359 g/mol. The summed E-state index contributed by atoms with van der Waals surface area (Å²) in [6.45, 7) is 4.18. The molecule has 2 aromatic carbocycles. The van der Waals surface area contributed by atoms with Crippen LogP contribution in [0.4, 0.5) is 5.69 Å². The van der Waals surface area contributed by atoms with E-state index in [4.69, 9.17) is 4.74 Å². The molecule has 0 atom stereocenters. The summed E-state index contributed by atoms with van der Waals surface area (Å²) in [4.78, 5) is 0.287. The van der Waals surface area contributed by atoms with Gasteiger partial charge in [-0.05, 0) is 81.5 Å². The fourth-order valence-electron chi connectivity index (χ4n) is 3.29. The maximum absolute atomic E-state index is 13.0. The molecule has 0 unspecified atom stereocenters. The highest BCUT2D eigenvalue weighted by Crippen LogP contribution is 2.27. The third-order valence-corrected chi connectivity index (χ3v) is 6.51. The Labute approximate surface area is 150 Å². The van der Waals surface area contributed by atoms with Crippen molar-refractivity contribution in [3.63, 3.8) is 0 Å². The molecule has 0 aliphatic heterocycles. The number of anilines is 1. The molecule has 1 aliphatic carbocycles. The fourth-order valence-corrected chi connectivity index (χ4v) is 4.76. The Kier molecular flexibility index (Phi) is 5.33. The Morgan fingerprint density at radius 2 is 1.76 bits per heavy atom. The molecule has 134 valence electrons. The van der Waals surface area contributed by atoms with E-state index >= 15 is 0 Å². The zero-order valence-corrected chi connectivity index (χ0v) is 15.6. The molecule has 0 N–H and O–H groups in total. The van der Waals surface area contributed by atoms with Crippen molar-refractivity contribution in [2.24, 2.45) is 0 Å². The standard InChI is InChI=1S/C20H25NO3S/c1-3-21(17-8-6-7-16(2)15-17)25(22,23)20-13-11-19(12-14-20)24-18-9-4-5-10-18/h6-8,11-15,18H,3-5,9-10H2,1-2H3. The molecule has 0 saturated heterocycles. The first kappa shape index (κ1) is 17.8. The first-order valence-electron chi connectivity index (χ1n) is 8.87. The number of rotatable bonds is 6. The van der Waals surface area contributed by atoms with Gasteiger partial charge in [0, 0.05) is 6.54 Å². The second-order valence-electron chi connectivity index (χ2n) is 6.50. The second kappa shape index (κ2) is 7.48. The van der Waals surface area contributed by atoms with Crippen LogP contribution in [0.3, 0.4) is 0 Å². The number of sulfonamides is 1. The van der Waals surface area contributed by atoms with E-state index in [9.17, 15) is 8.42 Å². The molecule has 0 bridgehead atoms. The Hall–Kier alpha value is -2.01. The molecule has 1 aliphatic rings. The summed E-state index contributed by atoms with van der Waals surface area (Å²) in [6.07, 6.45) is 4.84. The number of hydrogen-bond donors (Lipinski definition) is 0. The molecule has 5 heteroatoms. The van der Waals surface area contributed by atoms with Gasteiger partial charge in [-0.25, -0.2) is 8.42 Å². The van der Waals surface area contributed by atoms with E-state index in [1.165, 1.54) is 17.1 Å². The van der Waals surface area contributed by atoms with E-state index in [0.717, 1.165) is 24.2 Å². The average Bonchev–Trinajstić information content (AvgIpc) is 3.09. The van der Waals surface area contributed by atoms with Crippen LogP contribution in [0.5, 0.6) is 5.75 Å². The topological polar surface area (TPSA) is 46.6 Å². The number of hydrogen-bond acceptors (Lipinski definition) is 3. The van der Waals surface area contributed by atoms with Crippen molar-refractivity contribution in [3.05, 3.63) is 54.1 Å². The van der Waals surface area contributed by atoms with Crippen molar-refractivity contribution in [2.75, 3.05) is 10.8 Å². The lowest BCUT2D eigenvalue weighted by atomic mass is 10.2. The van der Waals surface area contributed by atoms with E-state index < -0.39 is 10.0 Å². The van der Waals surface area contributed by atoms with Crippen LogP contribution in [-0.4, -0.2) is 21.1 Å². The predicted octanol–water partition coefficient (Wildman–Crippen LogP) is 4.53. The lowest BCUT2D eigenvalue weighted by Crippen LogP contribution is -2.30. The SMILES string of the molecule is CCN(c1cccc(C)c1)S(=O)(=O)c1ccc(OC2CCCC2)cc1. The molecule has 1 fully saturated rings. The van der Waals surface area contributed by atoms with Gasteiger partial charge in [0.15, 0.2) is 0 Å². The normalized spacial score (nSPS) is 15.3. The van der Waals surface area contributed by atoms with Crippen LogP contribution < -0.4 is 9.04 Å². The van der Waals surface area contributed by atoms with Gasteiger partial charge in [0.1, 0.15) is 5.75 Å². The minimum Gasteiger partial charge on any atom is -0.490 e. The van der Waals surface area contributed by atoms with Gasteiger partial charge in [-0.1, -0.05) is 12.1 Å². The summed E-state index contributed by atoms with van der Waals surface area (Å²) in [7, 11) is -3.59. The van der Waals surface area contributed by atoms with E-state index in [1.807, 2.05) is 38.1 Å². The molecular weight excluding hydrogens is 334 g/mol. The lowest BCUT2D eigenvalue weighted by Gasteiger charge is -2.23. The molecule has 0 heterocycles. The minimum atomic E-state index is -3.59. The highest BCUT2D eigenvalue weighted by atomic mass is 32.2. The molecule has 25 heavy (non-hydrogen) atoms. The Morgan fingerprint density at radius 3 is 2.36 bits per heavy atom. The number of nitrogens with zero attached hydrogens (tertiary/aromatic N) is 1. The van der Waals surface area contributed by atoms with E-state index in [2.05, 4.69) is 0 Å². The van der Waals surface area contributed by atoms with Crippen molar-refractivity contribution in [2.45, 2.75) is 50.5 Å². The molecule has 3 rings (SSSR count). The van der Waals surface area contributed by atoms with Crippen LogP contribution in [0.1, 0.15) is 38.2 Å². The van der Waals surface area contributed by atoms with Gasteiger partial charge in [-0.3, -0.25) is 4.31 Å². The van der Waals surface area contributed by atoms with Crippen LogP contribution in [0.25, 0.3) is 0 Å². The van der Waals surface area contributed by atoms with Gasteiger partial charge >= 0.3 is 0 Å². The maximum atomic E-state index is 13.0. The van der Waals surface area contributed by atoms with Gasteiger partial charge in [-0.15, -0.1) is 0 Å². The molecule has 0 amide bonds. The molecule has 0 aromatic heterocycles. The molecular formula is C20H25NO3S. The summed E-state index contributed by atoms with van der Waals surface area (Å²) < 4.78 is 33.4. The summed E-state index contributed by atoms with van der Waals surface area (Å²) >= 11 is 0. The predicted molar refractivity (Wildman–Crippen MR) is 101 cm³/mol. The molecule has 4 nitrogen and oxygen atoms in total. The zero-order valence-electron chi connectivity index (χ0n) is 14.8.